The summed E-state index contributed by atoms with van der Waals surface area (Å²) < 4.78 is 0. The fraction of sp³-hybridized carbons (Fsp3) is 0.300. The maximum atomic E-state index is 13.5. The number of phenolic OH excluding ortho intramolecular Hbond substituents is 5. The third kappa shape index (κ3) is 9.03. The van der Waals surface area contributed by atoms with Gasteiger partial charge in [0.2, 0.25) is 17.7 Å². The van der Waals surface area contributed by atoms with E-state index >= 15 is 0 Å². The maximum Gasteiger partial charge on any atom is 0.243 e. The molecule has 12 nitrogen and oxygen atoms in total. The molecule has 0 aliphatic rings. The van der Waals surface area contributed by atoms with Crippen LogP contribution in [0.4, 0.5) is 0 Å². The summed E-state index contributed by atoms with van der Waals surface area (Å²) in [4.78, 5) is 39.2. The Morgan fingerprint density at radius 1 is 0.643 bits per heavy atom. The number of hydrogen-bond acceptors (Lipinski definition) is 9. The molecular weight excluding hydrogens is 544 g/mol. The van der Waals surface area contributed by atoms with Crippen LogP contribution in [0.25, 0.3) is 0 Å². The number of phenols is 5. The van der Waals surface area contributed by atoms with Crippen LogP contribution in [0.3, 0.4) is 0 Å². The summed E-state index contributed by atoms with van der Waals surface area (Å²) in [6.45, 7) is 2.39. The van der Waals surface area contributed by atoms with Gasteiger partial charge in [-0.15, -0.1) is 0 Å². The third-order valence-corrected chi connectivity index (χ3v) is 6.59. The van der Waals surface area contributed by atoms with Crippen molar-refractivity contribution in [2.24, 2.45) is 5.73 Å². The molecule has 0 saturated heterocycles. The second-order valence-corrected chi connectivity index (χ2v) is 9.96. The van der Waals surface area contributed by atoms with Crippen LogP contribution < -0.4 is 21.7 Å². The van der Waals surface area contributed by atoms with Crippen LogP contribution in [0.2, 0.25) is 0 Å². The van der Waals surface area contributed by atoms with Gasteiger partial charge in [0.25, 0.3) is 0 Å². The van der Waals surface area contributed by atoms with Gasteiger partial charge < -0.3 is 47.2 Å². The van der Waals surface area contributed by atoms with Gasteiger partial charge in [0.1, 0.15) is 17.8 Å². The Bertz CT molecular complexity index is 1400. The first-order valence-electron chi connectivity index (χ1n) is 13.4. The van der Waals surface area contributed by atoms with Crippen LogP contribution in [0, 0.1) is 0 Å². The molecule has 0 saturated carbocycles. The summed E-state index contributed by atoms with van der Waals surface area (Å²) in [5.74, 6) is -3.43. The van der Waals surface area contributed by atoms with Crippen molar-refractivity contribution in [1.29, 1.82) is 0 Å². The summed E-state index contributed by atoms with van der Waals surface area (Å²) in [6.07, 6.45) is 0.765. The van der Waals surface area contributed by atoms with Crippen LogP contribution in [0.15, 0.2) is 60.7 Å². The molecule has 3 rings (SSSR count). The zero-order valence-corrected chi connectivity index (χ0v) is 23.1. The van der Waals surface area contributed by atoms with Gasteiger partial charge in [-0.2, -0.15) is 0 Å². The molecule has 0 aliphatic heterocycles. The number of carbonyl (C=O) groups excluding carboxylic acids is 3. The molecule has 3 atom stereocenters. The number of primary amides is 1. The maximum absolute atomic E-state index is 13.5. The molecule has 0 radical (unpaired) electrons. The molecule has 0 heterocycles. The molecule has 42 heavy (non-hydrogen) atoms. The molecule has 0 aliphatic carbocycles. The molecule has 3 aromatic carbocycles. The van der Waals surface area contributed by atoms with E-state index in [1.807, 2.05) is 6.92 Å². The molecule has 0 unspecified atom stereocenters. The summed E-state index contributed by atoms with van der Waals surface area (Å²) in [5, 5.41) is 57.1. The van der Waals surface area contributed by atoms with Crippen molar-refractivity contribution in [3.8, 4) is 28.7 Å². The highest BCUT2D eigenvalue weighted by Gasteiger charge is 2.29. The molecule has 0 aromatic heterocycles. The Balaban J connectivity index is 1.85. The second kappa shape index (κ2) is 14.6. The minimum absolute atomic E-state index is 0.0343. The first-order chi connectivity index (χ1) is 20.0. The number of benzene rings is 3. The van der Waals surface area contributed by atoms with Gasteiger partial charge >= 0.3 is 0 Å². The minimum atomic E-state index is -1.22. The molecule has 3 aromatic rings. The number of rotatable bonds is 14. The van der Waals surface area contributed by atoms with Gasteiger partial charge in [-0.1, -0.05) is 31.2 Å². The summed E-state index contributed by atoms with van der Waals surface area (Å²) in [7, 11) is 0. The van der Waals surface area contributed by atoms with Crippen molar-refractivity contribution in [2.45, 2.75) is 50.7 Å². The highest BCUT2D eigenvalue weighted by molar-refractivity contribution is 5.93. The van der Waals surface area contributed by atoms with Gasteiger partial charge in [-0.3, -0.25) is 14.4 Å². The molecule has 3 amide bonds. The molecule has 0 spiro atoms. The van der Waals surface area contributed by atoms with Crippen molar-refractivity contribution in [3.63, 3.8) is 0 Å². The van der Waals surface area contributed by atoms with E-state index in [-0.39, 0.29) is 42.3 Å². The van der Waals surface area contributed by atoms with E-state index in [2.05, 4.69) is 16.0 Å². The van der Waals surface area contributed by atoms with Crippen LogP contribution >= 0.6 is 0 Å². The highest BCUT2D eigenvalue weighted by atomic mass is 16.3. The predicted octanol–water partition coefficient (Wildman–Crippen LogP) is 1.07. The van der Waals surface area contributed by atoms with E-state index < -0.39 is 41.6 Å². The zero-order valence-electron chi connectivity index (χ0n) is 23.1. The normalized spacial score (nSPS) is 13.1. The SMILES string of the molecule is CCCN[C@@H](Cc1ccc(O)c(O)c1)C(=O)N[C@@H](Cc1ccc(O)c(O)c1)C(=O)N[C@@H](Cc1ccc(O)cc1)C(N)=O. The lowest BCUT2D eigenvalue weighted by Gasteiger charge is -2.25. The molecular formula is C30H36N4O8. The number of amides is 3. The van der Waals surface area contributed by atoms with E-state index in [0.717, 1.165) is 0 Å². The average molecular weight is 581 g/mol. The molecule has 224 valence electrons. The Hall–Kier alpha value is -4.97. The minimum Gasteiger partial charge on any atom is -0.508 e. The zero-order chi connectivity index (χ0) is 30.8. The van der Waals surface area contributed by atoms with Crippen molar-refractivity contribution in [3.05, 3.63) is 77.4 Å². The standard InChI is InChI=1S/C30H36N4O8/c1-2-11-32-22(13-18-5-9-24(36)26(38)15-18)29(41)34-23(14-19-6-10-25(37)27(39)16-19)30(42)33-21(28(31)40)12-17-3-7-20(35)8-4-17/h3-10,15-16,21-23,32,35-39H,2,11-14H2,1H3,(H2,31,40)(H,33,42)(H,34,41)/t21-,22-,23-/m0/s1. The van der Waals surface area contributed by atoms with Crippen molar-refractivity contribution in [1.82, 2.24) is 16.0 Å². The Kier molecular flexibility index (Phi) is 11.0. The molecule has 0 fully saturated rings. The summed E-state index contributed by atoms with van der Waals surface area (Å²) in [6, 6.07) is 11.1. The van der Waals surface area contributed by atoms with Crippen LogP contribution in [-0.4, -0.2) is 67.9 Å². The Labute approximate surface area is 242 Å². The van der Waals surface area contributed by atoms with Gasteiger partial charge in [0.05, 0.1) is 6.04 Å². The van der Waals surface area contributed by atoms with Crippen LogP contribution in [-0.2, 0) is 33.6 Å². The average Bonchev–Trinajstić information content (AvgIpc) is 2.95. The Morgan fingerprint density at radius 3 is 1.60 bits per heavy atom. The van der Waals surface area contributed by atoms with Gasteiger partial charge in [-0.25, -0.2) is 0 Å². The molecule has 12 heteroatoms. The quantitative estimate of drug-likeness (QED) is 0.124. The fourth-order valence-corrected chi connectivity index (χ4v) is 4.28. The van der Waals surface area contributed by atoms with Gasteiger partial charge in [0, 0.05) is 12.8 Å². The smallest absolute Gasteiger partial charge is 0.243 e. The number of hydrogen-bond donors (Lipinski definition) is 9. The Morgan fingerprint density at radius 2 is 1.10 bits per heavy atom. The predicted molar refractivity (Wildman–Crippen MR) is 154 cm³/mol. The monoisotopic (exact) mass is 580 g/mol. The van der Waals surface area contributed by atoms with Gasteiger partial charge in [0.15, 0.2) is 23.0 Å². The van der Waals surface area contributed by atoms with E-state index in [9.17, 15) is 39.9 Å². The lowest BCUT2D eigenvalue weighted by molar-refractivity contribution is -0.132. The number of nitrogens with two attached hydrogens (primary N) is 1. The van der Waals surface area contributed by atoms with Crippen LogP contribution in [0.1, 0.15) is 30.0 Å². The highest BCUT2D eigenvalue weighted by Crippen LogP contribution is 2.26. The van der Waals surface area contributed by atoms with Crippen molar-refractivity contribution >= 4 is 17.7 Å². The third-order valence-electron chi connectivity index (χ3n) is 6.59. The number of nitrogens with one attached hydrogen (secondary N) is 3. The van der Waals surface area contributed by atoms with E-state index in [4.69, 9.17) is 5.73 Å². The second-order valence-electron chi connectivity index (χ2n) is 9.96. The molecule has 0 bridgehead atoms. The topological polar surface area (TPSA) is 214 Å². The largest absolute Gasteiger partial charge is 0.508 e. The fourth-order valence-electron chi connectivity index (χ4n) is 4.28. The van der Waals surface area contributed by atoms with Crippen molar-refractivity contribution < 1.29 is 39.9 Å². The lowest BCUT2D eigenvalue weighted by atomic mass is 10.0. The van der Waals surface area contributed by atoms with E-state index in [1.165, 1.54) is 42.5 Å². The number of carbonyl (C=O) groups is 3. The van der Waals surface area contributed by atoms with Gasteiger partial charge in [-0.05, 0) is 72.5 Å². The van der Waals surface area contributed by atoms with E-state index in [1.54, 1.807) is 18.2 Å². The summed E-state index contributed by atoms with van der Waals surface area (Å²) in [5.41, 5.74) is 7.17. The van der Waals surface area contributed by atoms with Crippen LogP contribution in [0.5, 0.6) is 28.7 Å². The van der Waals surface area contributed by atoms with E-state index in [0.29, 0.717) is 29.7 Å². The lowest BCUT2D eigenvalue weighted by Crippen LogP contribution is -2.57. The summed E-state index contributed by atoms with van der Waals surface area (Å²) >= 11 is 0. The first-order valence-corrected chi connectivity index (χ1v) is 13.4. The van der Waals surface area contributed by atoms with Crippen molar-refractivity contribution in [2.75, 3.05) is 6.54 Å². The number of aromatic hydroxyl groups is 5. The molecule has 10 N–H and O–H groups in total. The first kappa shape index (κ1) is 31.6.